The number of amides is 1. The third-order valence-corrected chi connectivity index (χ3v) is 8.18. The molecule has 0 bridgehead atoms. The molecule has 2 atom stereocenters. The van der Waals surface area contributed by atoms with E-state index in [0.29, 0.717) is 5.56 Å². The van der Waals surface area contributed by atoms with Crippen LogP contribution in [0, 0.1) is 0 Å². The van der Waals surface area contributed by atoms with Crippen molar-refractivity contribution in [1.29, 1.82) is 0 Å². The highest BCUT2D eigenvalue weighted by molar-refractivity contribution is 7.17. The number of benzene rings is 2. The van der Waals surface area contributed by atoms with Gasteiger partial charge in [-0.15, -0.1) is 9.24 Å². The molecule has 0 N–H and O–H groups in total. The van der Waals surface area contributed by atoms with Gasteiger partial charge in [-0.05, 0) is 73.6 Å². The molecule has 4 rings (SSSR count). The van der Waals surface area contributed by atoms with Crippen molar-refractivity contribution in [2.24, 2.45) is 0 Å². The molecule has 0 aromatic heterocycles. The zero-order valence-corrected chi connectivity index (χ0v) is 19.6. The number of carbonyl (C=O) groups excluding carboxylic acids is 1. The number of carbonyl (C=O) groups is 1. The van der Waals surface area contributed by atoms with Gasteiger partial charge in [-0.1, -0.05) is 49.4 Å². The quantitative estimate of drug-likeness (QED) is 0.422. The summed E-state index contributed by atoms with van der Waals surface area (Å²) in [6, 6.07) is 17.1. The van der Waals surface area contributed by atoms with Crippen LogP contribution < -0.4 is 0 Å². The molecule has 0 spiro atoms. The normalized spacial score (nSPS) is 24.7. The lowest BCUT2D eigenvalue weighted by Crippen LogP contribution is -2.46. The van der Waals surface area contributed by atoms with Crippen molar-refractivity contribution in [3.63, 3.8) is 0 Å². The topological polar surface area (TPSA) is 20.3 Å². The maximum absolute atomic E-state index is 13.4. The first-order valence-corrected chi connectivity index (χ1v) is 12.2. The Bertz CT molecular complexity index is 916. The molecule has 2 aliphatic rings. The first kappa shape index (κ1) is 23.3. The fourth-order valence-corrected chi connectivity index (χ4v) is 5.45. The molecule has 172 valence electrons. The molecule has 0 radical (unpaired) electrons. The van der Waals surface area contributed by atoms with Crippen molar-refractivity contribution in [3.8, 4) is 0 Å². The number of rotatable bonds is 6. The highest BCUT2D eigenvalue weighted by Crippen LogP contribution is 2.45. The van der Waals surface area contributed by atoms with Crippen LogP contribution in [0.15, 0.2) is 54.6 Å². The molecular formula is C26H31F3NOP. The Kier molecular flexibility index (Phi) is 6.68. The second-order valence-corrected chi connectivity index (χ2v) is 9.98. The van der Waals surface area contributed by atoms with Crippen LogP contribution in [0.1, 0.15) is 79.0 Å². The van der Waals surface area contributed by atoms with Crippen LogP contribution in [-0.4, -0.2) is 29.1 Å². The molecule has 0 saturated heterocycles. The van der Waals surface area contributed by atoms with E-state index in [1.165, 1.54) is 17.7 Å². The van der Waals surface area contributed by atoms with E-state index in [9.17, 15) is 18.0 Å². The fourth-order valence-electron chi connectivity index (χ4n) is 5.22. The number of hydrogen-bond acceptors (Lipinski definition) is 1. The molecule has 2 aliphatic carbocycles. The van der Waals surface area contributed by atoms with Crippen LogP contribution in [0.3, 0.4) is 0 Å². The molecule has 2 aromatic rings. The van der Waals surface area contributed by atoms with Crippen LogP contribution in [0.4, 0.5) is 13.2 Å². The van der Waals surface area contributed by atoms with Crippen molar-refractivity contribution < 1.29 is 18.0 Å². The smallest absolute Gasteiger partial charge is 0.333 e. The van der Waals surface area contributed by atoms with Gasteiger partial charge in [0, 0.05) is 17.6 Å². The summed E-state index contributed by atoms with van der Waals surface area (Å²) in [6.07, 6.45) is 2.82. The first-order chi connectivity index (χ1) is 15.2. The second-order valence-electron chi connectivity index (χ2n) is 9.32. The Hall–Kier alpha value is -1.87. The van der Waals surface area contributed by atoms with Crippen LogP contribution in [0.25, 0.3) is 0 Å². The summed E-state index contributed by atoms with van der Waals surface area (Å²) in [4.78, 5) is 15.4. The molecule has 1 amide bonds. The lowest BCUT2D eigenvalue weighted by atomic mass is 9.66. The van der Waals surface area contributed by atoms with Gasteiger partial charge in [-0.2, -0.15) is 13.2 Å². The Morgan fingerprint density at radius 1 is 1.00 bits per heavy atom. The van der Waals surface area contributed by atoms with Crippen LogP contribution in [0.2, 0.25) is 0 Å². The number of alkyl halides is 3. The SMILES string of the molecule is CCC1(c2ccccc2)CCC(N(C(=O)c2ccc(C(P)C(F)(F)F)cc2)C2CC2)CC1. The van der Waals surface area contributed by atoms with Gasteiger partial charge in [-0.3, -0.25) is 4.79 Å². The fraction of sp³-hybridized carbons (Fsp3) is 0.500. The zero-order chi connectivity index (χ0) is 22.9. The highest BCUT2D eigenvalue weighted by atomic mass is 31.0. The minimum atomic E-state index is -4.32. The third kappa shape index (κ3) is 4.73. The lowest BCUT2D eigenvalue weighted by molar-refractivity contribution is -0.130. The van der Waals surface area contributed by atoms with Crippen molar-refractivity contribution in [2.45, 2.75) is 81.2 Å². The third-order valence-electron chi connectivity index (χ3n) is 7.41. The van der Waals surface area contributed by atoms with E-state index in [4.69, 9.17) is 0 Å². The van der Waals surface area contributed by atoms with Gasteiger partial charge < -0.3 is 4.90 Å². The molecule has 6 heteroatoms. The predicted molar refractivity (Wildman–Crippen MR) is 125 cm³/mol. The average molecular weight is 462 g/mol. The van der Waals surface area contributed by atoms with Gasteiger partial charge >= 0.3 is 6.18 Å². The van der Waals surface area contributed by atoms with Crippen LogP contribution in [0.5, 0.6) is 0 Å². The Balaban J connectivity index is 1.48. The molecule has 2 unspecified atom stereocenters. The van der Waals surface area contributed by atoms with Crippen molar-refractivity contribution in [1.82, 2.24) is 4.90 Å². The lowest BCUT2D eigenvalue weighted by Gasteiger charge is -2.44. The van der Waals surface area contributed by atoms with E-state index in [-0.39, 0.29) is 29.0 Å². The second kappa shape index (κ2) is 9.17. The molecule has 2 nitrogen and oxygen atoms in total. The van der Waals surface area contributed by atoms with Crippen LogP contribution in [-0.2, 0) is 5.41 Å². The van der Waals surface area contributed by atoms with E-state index in [1.54, 1.807) is 12.1 Å². The van der Waals surface area contributed by atoms with Gasteiger partial charge in [0.1, 0.15) is 0 Å². The number of halogens is 3. The molecular weight excluding hydrogens is 430 g/mol. The average Bonchev–Trinajstić information content (AvgIpc) is 3.64. The molecule has 0 heterocycles. The maximum Gasteiger partial charge on any atom is 0.399 e. The van der Waals surface area contributed by atoms with Crippen molar-refractivity contribution in [3.05, 3.63) is 71.3 Å². The maximum atomic E-state index is 13.4. The van der Waals surface area contributed by atoms with Gasteiger partial charge in [0.05, 0.1) is 5.66 Å². The van der Waals surface area contributed by atoms with Crippen LogP contribution >= 0.6 is 9.24 Å². The summed E-state index contributed by atoms with van der Waals surface area (Å²) in [5.74, 6) is -0.0416. The van der Waals surface area contributed by atoms with E-state index >= 15 is 0 Å². The van der Waals surface area contributed by atoms with E-state index in [1.807, 2.05) is 20.2 Å². The molecule has 2 fully saturated rings. The zero-order valence-electron chi connectivity index (χ0n) is 18.4. The number of nitrogens with zero attached hydrogens (tertiary/aromatic N) is 1. The van der Waals surface area contributed by atoms with Gasteiger partial charge in [0.2, 0.25) is 0 Å². The minimum absolute atomic E-state index is 0.0416. The standard InChI is InChI=1S/C26H31F3NOP/c1-2-25(20-6-4-3-5-7-20)16-14-22(15-17-25)30(21-12-13-21)24(31)19-10-8-18(9-11-19)23(32)26(27,28)29/h3-11,21-23H,2,12-17,32H2,1H3. The van der Waals surface area contributed by atoms with E-state index in [2.05, 4.69) is 31.2 Å². The monoisotopic (exact) mass is 461 g/mol. The van der Waals surface area contributed by atoms with Gasteiger partial charge in [0.25, 0.3) is 5.91 Å². The predicted octanol–water partition coefficient (Wildman–Crippen LogP) is 7.06. The Labute approximate surface area is 190 Å². The Morgan fingerprint density at radius 2 is 1.56 bits per heavy atom. The summed E-state index contributed by atoms with van der Waals surface area (Å²) in [7, 11) is 1.85. The van der Waals surface area contributed by atoms with Gasteiger partial charge in [0.15, 0.2) is 0 Å². The minimum Gasteiger partial charge on any atom is -0.333 e. The summed E-state index contributed by atoms with van der Waals surface area (Å²) < 4.78 is 39.0. The Morgan fingerprint density at radius 3 is 2.06 bits per heavy atom. The van der Waals surface area contributed by atoms with Gasteiger partial charge in [-0.25, -0.2) is 0 Å². The summed E-state index contributed by atoms with van der Waals surface area (Å²) in [5.41, 5.74) is 0.575. The van der Waals surface area contributed by atoms with Crippen molar-refractivity contribution >= 4 is 15.1 Å². The molecule has 2 saturated carbocycles. The van der Waals surface area contributed by atoms with Crippen molar-refractivity contribution in [2.75, 3.05) is 0 Å². The van der Waals surface area contributed by atoms with E-state index < -0.39 is 11.8 Å². The summed E-state index contributed by atoms with van der Waals surface area (Å²) >= 11 is 0. The first-order valence-electron chi connectivity index (χ1n) is 11.6. The molecule has 32 heavy (non-hydrogen) atoms. The largest absolute Gasteiger partial charge is 0.399 e. The number of hydrogen-bond donors (Lipinski definition) is 0. The van der Waals surface area contributed by atoms with E-state index in [0.717, 1.165) is 44.9 Å². The summed E-state index contributed by atoms with van der Waals surface area (Å²) in [6.45, 7) is 2.25. The molecule has 0 aliphatic heterocycles. The molecule has 2 aromatic carbocycles. The highest BCUT2D eigenvalue weighted by Gasteiger charge is 2.43. The summed E-state index contributed by atoms with van der Waals surface area (Å²) in [5, 5.41) is 0.